The molecule has 1 aromatic rings. The molecule has 1 N–H and O–H groups in total. The Hall–Kier alpha value is -1.39. The molecule has 1 aliphatic rings. The number of piperidine rings is 1. The van der Waals surface area contributed by atoms with Gasteiger partial charge in [-0.15, -0.1) is 10.2 Å². The molecule has 0 saturated carbocycles. The van der Waals surface area contributed by atoms with Crippen LogP contribution in [0.3, 0.4) is 0 Å². The Morgan fingerprint density at radius 3 is 2.96 bits per heavy atom. The molecule has 1 atom stereocenters. The lowest BCUT2D eigenvalue weighted by Crippen LogP contribution is -2.47. The average Bonchev–Trinajstić information content (AvgIpc) is 3.01. The highest BCUT2D eigenvalue weighted by Gasteiger charge is 2.29. The summed E-state index contributed by atoms with van der Waals surface area (Å²) in [6.45, 7) is 1.78. The van der Waals surface area contributed by atoms with E-state index in [4.69, 9.17) is 4.74 Å². The van der Waals surface area contributed by atoms with Gasteiger partial charge < -0.3 is 19.9 Å². The third-order valence-corrected chi connectivity index (χ3v) is 5.53. The second-order valence-electron chi connectivity index (χ2n) is 5.67. The van der Waals surface area contributed by atoms with Crippen molar-refractivity contribution in [1.82, 2.24) is 20.0 Å². The summed E-state index contributed by atoms with van der Waals surface area (Å²) in [7, 11) is 5.09. The molecule has 1 saturated heterocycles. The van der Waals surface area contributed by atoms with Gasteiger partial charge in [0.15, 0.2) is 4.34 Å². The SMILES string of the molecule is COCCSc1nnc(NC(=O)C2CCCN(C(=O)N(C)C)C2)s1. The van der Waals surface area contributed by atoms with Gasteiger partial charge in [-0.1, -0.05) is 23.1 Å². The molecule has 134 valence electrons. The zero-order valence-corrected chi connectivity index (χ0v) is 15.8. The zero-order valence-electron chi connectivity index (χ0n) is 14.2. The summed E-state index contributed by atoms with van der Waals surface area (Å²) in [6.07, 6.45) is 1.60. The fourth-order valence-corrected chi connectivity index (χ4v) is 4.11. The first kappa shape index (κ1) is 18.9. The van der Waals surface area contributed by atoms with Crippen LogP contribution in [-0.2, 0) is 9.53 Å². The number of rotatable bonds is 6. The second kappa shape index (κ2) is 9.19. The number of nitrogens with zero attached hydrogens (tertiary/aromatic N) is 4. The van der Waals surface area contributed by atoms with E-state index in [0.29, 0.717) is 24.8 Å². The first-order valence-corrected chi connectivity index (χ1v) is 9.53. The van der Waals surface area contributed by atoms with Crippen LogP contribution < -0.4 is 5.32 Å². The van der Waals surface area contributed by atoms with Gasteiger partial charge in [-0.05, 0) is 12.8 Å². The van der Waals surface area contributed by atoms with Crippen molar-refractivity contribution in [3.8, 4) is 0 Å². The van der Waals surface area contributed by atoms with Crippen LogP contribution in [0.25, 0.3) is 0 Å². The number of thioether (sulfide) groups is 1. The lowest BCUT2D eigenvalue weighted by Gasteiger charge is -2.33. The summed E-state index contributed by atoms with van der Waals surface area (Å²) < 4.78 is 5.79. The highest BCUT2D eigenvalue weighted by Crippen LogP contribution is 2.26. The molecule has 0 aliphatic carbocycles. The van der Waals surface area contributed by atoms with E-state index in [-0.39, 0.29) is 17.9 Å². The van der Waals surface area contributed by atoms with Gasteiger partial charge in [0.2, 0.25) is 11.0 Å². The maximum absolute atomic E-state index is 12.4. The van der Waals surface area contributed by atoms with Gasteiger partial charge in [-0.3, -0.25) is 4.79 Å². The highest BCUT2D eigenvalue weighted by molar-refractivity contribution is 8.01. The fraction of sp³-hybridized carbons (Fsp3) is 0.714. The van der Waals surface area contributed by atoms with Crippen molar-refractivity contribution >= 4 is 40.2 Å². The number of amides is 3. The number of urea groups is 1. The molecule has 0 spiro atoms. The summed E-state index contributed by atoms with van der Waals surface area (Å²) in [5.41, 5.74) is 0. The van der Waals surface area contributed by atoms with Crippen molar-refractivity contribution in [2.45, 2.75) is 17.2 Å². The van der Waals surface area contributed by atoms with E-state index in [1.165, 1.54) is 16.2 Å². The van der Waals surface area contributed by atoms with Gasteiger partial charge >= 0.3 is 6.03 Å². The van der Waals surface area contributed by atoms with Crippen LogP contribution in [0.1, 0.15) is 12.8 Å². The molecule has 1 unspecified atom stereocenters. The number of carbonyl (C=O) groups excluding carboxylic acids is 2. The lowest BCUT2D eigenvalue weighted by atomic mass is 9.97. The number of aromatic nitrogens is 2. The Labute approximate surface area is 149 Å². The van der Waals surface area contributed by atoms with E-state index < -0.39 is 0 Å². The molecule has 0 aromatic carbocycles. The monoisotopic (exact) mass is 373 g/mol. The molecule has 2 heterocycles. The number of anilines is 1. The van der Waals surface area contributed by atoms with Crippen molar-refractivity contribution in [3.63, 3.8) is 0 Å². The summed E-state index contributed by atoms with van der Waals surface area (Å²) in [5, 5.41) is 11.4. The van der Waals surface area contributed by atoms with Crippen LogP contribution in [0, 0.1) is 5.92 Å². The van der Waals surface area contributed by atoms with Crippen LogP contribution in [-0.4, -0.2) is 78.6 Å². The fourth-order valence-electron chi connectivity index (χ4n) is 2.39. The van der Waals surface area contributed by atoms with Crippen molar-refractivity contribution < 1.29 is 14.3 Å². The molecule has 24 heavy (non-hydrogen) atoms. The van der Waals surface area contributed by atoms with Crippen molar-refractivity contribution in [2.24, 2.45) is 5.92 Å². The molecule has 1 aromatic heterocycles. The Morgan fingerprint density at radius 1 is 1.46 bits per heavy atom. The molecule has 2 rings (SSSR count). The summed E-state index contributed by atoms with van der Waals surface area (Å²) in [5.74, 6) is 0.482. The van der Waals surface area contributed by atoms with E-state index in [9.17, 15) is 9.59 Å². The molecule has 0 radical (unpaired) electrons. The second-order valence-corrected chi connectivity index (χ2v) is 7.99. The number of nitrogens with one attached hydrogen (secondary N) is 1. The van der Waals surface area contributed by atoms with Crippen LogP contribution in [0.5, 0.6) is 0 Å². The summed E-state index contributed by atoms with van der Waals surface area (Å²) in [6, 6.07) is -0.0553. The summed E-state index contributed by atoms with van der Waals surface area (Å²) in [4.78, 5) is 27.7. The largest absolute Gasteiger partial charge is 0.384 e. The Bertz CT molecular complexity index is 566. The number of likely N-dealkylation sites (tertiary alicyclic amines) is 1. The highest BCUT2D eigenvalue weighted by atomic mass is 32.2. The molecule has 3 amide bonds. The topological polar surface area (TPSA) is 87.7 Å². The van der Waals surface area contributed by atoms with E-state index in [1.807, 2.05) is 0 Å². The maximum Gasteiger partial charge on any atom is 0.319 e. The molecule has 0 bridgehead atoms. The quantitative estimate of drug-likeness (QED) is 0.463. The van der Waals surface area contributed by atoms with Gasteiger partial charge in [0.25, 0.3) is 0 Å². The van der Waals surface area contributed by atoms with Crippen molar-refractivity contribution in [2.75, 3.05) is 52.0 Å². The van der Waals surface area contributed by atoms with E-state index in [0.717, 1.165) is 22.9 Å². The standard InChI is InChI=1S/C14H23N5O3S2/c1-18(2)14(21)19-6-4-5-10(9-19)11(20)15-12-16-17-13(24-12)23-8-7-22-3/h10H,4-9H2,1-3H3,(H,15,16,20). The van der Waals surface area contributed by atoms with Crippen LogP contribution in [0.4, 0.5) is 9.93 Å². The summed E-state index contributed by atoms with van der Waals surface area (Å²) >= 11 is 2.90. The molecule has 8 nitrogen and oxygen atoms in total. The van der Waals surface area contributed by atoms with E-state index in [2.05, 4.69) is 15.5 Å². The predicted octanol–water partition coefficient (Wildman–Crippen LogP) is 1.61. The number of methoxy groups -OCH3 is 1. The van der Waals surface area contributed by atoms with Gasteiger partial charge in [0.1, 0.15) is 0 Å². The molecule has 1 fully saturated rings. The first-order valence-electron chi connectivity index (χ1n) is 7.73. The molecule has 10 heteroatoms. The smallest absolute Gasteiger partial charge is 0.319 e. The molecular weight excluding hydrogens is 350 g/mol. The van der Waals surface area contributed by atoms with Crippen LogP contribution in [0.2, 0.25) is 0 Å². The minimum absolute atomic E-state index is 0.0553. The van der Waals surface area contributed by atoms with E-state index in [1.54, 1.807) is 37.9 Å². The minimum atomic E-state index is -0.212. The average molecular weight is 374 g/mol. The van der Waals surface area contributed by atoms with Gasteiger partial charge in [-0.25, -0.2) is 4.79 Å². The van der Waals surface area contributed by atoms with Gasteiger partial charge in [0, 0.05) is 40.0 Å². The third kappa shape index (κ3) is 5.32. The Morgan fingerprint density at radius 2 is 2.25 bits per heavy atom. The number of hydrogen-bond acceptors (Lipinski definition) is 7. The number of ether oxygens (including phenoxy) is 1. The Kier molecular flexibility index (Phi) is 7.25. The van der Waals surface area contributed by atoms with Gasteiger partial charge in [0.05, 0.1) is 12.5 Å². The van der Waals surface area contributed by atoms with Crippen molar-refractivity contribution in [1.29, 1.82) is 0 Å². The van der Waals surface area contributed by atoms with E-state index >= 15 is 0 Å². The first-order chi connectivity index (χ1) is 11.5. The number of carbonyl (C=O) groups is 2. The number of hydrogen-bond donors (Lipinski definition) is 1. The Balaban J connectivity index is 1.86. The lowest BCUT2D eigenvalue weighted by molar-refractivity contribution is -0.121. The van der Waals surface area contributed by atoms with Crippen LogP contribution in [0.15, 0.2) is 4.34 Å². The van der Waals surface area contributed by atoms with Gasteiger partial charge in [-0.2, -0.15) is 0 Å². The van der Waals surface area contributed by atoms with Crippen molar-refractivity contribution in [3.05, 3.63) is 0 Å². The molecule has 1 aliphatic heterocycles. The third-order valence-electron chi connectivity index (χ3n) is 3.59. The maximum atomic E-state index is 12.4. The molecular formula is C14H23N5O3S2. The normalized spacial score (nSPS) is 17.6. The minimum Gasteiger partial charge on any atom is -0.384 e. The zero-order chi connectivity index (χ0) is 17.5. The predicted molar refractivity (Wildman–Crippen MR) is 94.5 cm³/mol. The van der Waals surface area contributed by atoms with Crippen LogP contribution >= 0.6 is 23.1 Å².